The van der Waals surface area contributed by atoms with Crippen molar-refractivity contribution in [1.29, 1.82) is 0 Å². The van der Waals surface area contributed by atoms with Gasteiger partial charge in [-0.15, -0.1) is 11.3 Å². The van der Waals surface area contributed by atoms with Crippen molar-refractivity contribution in [3.8, 4) is 5.75 Å². The topological polar surface area (TPSA) is 67.4 Å². The molecule has 1 aliphatic carbocycles. The van der Waals surface area contributed by atoms with Gasteiger partial charge < -0.3 is 15.4 Å². The Hall–Kier alpha value is -2.34. The van der Waals surface area contributed by atoms with E-state index in [1.54, 1.807) is 0 Å². The van der Waals surface area contributed by atoms with Crippen molar-refractivity contribution >= 4 is 33.8 Å². The molecule has 2 amide bonds. The van der Waals surface area contributed by atoms with Gasteiger partial charge in [-0.3, -0.25) is 9.59 Å². The van der Waals surface area contributed by atoms with Crippen LogP contribution in [0.4, 0.5) is 10.7 Å². The zero-order valence-corrected chi connectivity index (χ0v) is 15.3. The van der Waals surface area contributed by atoms with Crippen molar-refractivity contribution in [2.24, 2.45) is 0 Å². The molecule has 1 aromatic heterocycles. The molecule has 1 aliphatic rings. The van der Waals surface area contributed by atoms with Gasteiger partial charge in [-0.2, -0.15) is 0 Å². The van der Waals surface area contributed by atoms with Crippen LogP contribution in [0.1, 0.15) is 47.5 Å². The van der Waals surface area contributed by atoms with Crippen LogP contribution in [0.5, 0.6) is 5.75 Å². The van der Waals surface area contributed by atoms with Crippen LogP contribution in [-0.4, -0.2) is 18.4 Å². The Balaban J connectivity index is 1.94. The summed E-state index contributed by atoms with van der Waals surface area (Å²) in [5, 5.41) is 6.42. The highest BCUT2D eigenvalue weighted by Gasteiger charge is 2.26. The van der Waals surface area contributed by atoms with Crippen LogP contribution in [0.25, 0.3) is 0 Å². The van der Waals surface area contributed by atoms with Gasteiger partial charge in [-0.1, -0.05) is 12.1 Å². The molecule has 0 bridgehead atoms. The summed E-state index contributed by atoms with van der Waals surface area (Å²) in [6.45, 7) is 3.89. The third kappa shape index (κ3) is 3.85. The van der Waals surface area contributed by atoms with E-state index in [2.05, 4.69) is 10.6 Å². The van der Waals surface area contributed by atoms with E-state index in [1.165, 1.54) is 23.1 Å². The molecule has 2 aromatic rings. The van der Waals surface area contributed by atoms with Crippen LogP contribution in [-0.2, 0) is 17.6 Å². The predicted octanol–water partition coefficient (Wildman–Crippen LogP) is 4.24. The second-order valence-corrected chi connectivity index (χ2v) is 7.08. The van der Waals surface area contributed by atoms with E-state index in [1.807, 2.05) is 31.2 Å². The number of anilines is 2. The van der Waals surface area contributed by atoms with Crippen molar-refractivity contribution < 1.29 is 14.3 Å². The number of fused-ring (bicyclic) bond motifs is 1. The summed E-state index contributed by atoms with van der Waals surface area (Å²) in [7, 11) is 0. The van der Waals surface area contributed by atoms with Gasteiger partial charge in [0.2, 0.25) is 5.91 Å². The highest BCUT2D eigenvalue weighted by molar-refractivity contribution is 7.17. The van der Waals surface area contributed by atoms with Crippen molar-refractivity contribution in [2.45, 2.75) is 39.5 Å². The number of amides is 2. The number of thiophene rings is 1. The molecule has 3 rings (SSSR count). The molecule has 6 heteroatoms. The monoisotopic (exact) mass is 358 g/mol. The van der Waals surface area contributed by atoms with Gasteiger partial charge in [0.15, 0.2) is 0 Å². The van der Waals surface area contributed by atoms with Crippen molar-refractivity contribution in [3.63, 3.8) is 0 Å². The maximum atomic E-state index is 13.0. The molecule has 132 valence electrons. The first-order valence-electron chi connectivity index (χ1n) is 8.55. The van der Waals surface area contributed by atoms with Crippen molar-refractivity contribution in [3.05, 3.63) is 40.3 Å². The molecule has 0 spiro atoms. The minimum Gasteiger partial charge on any atom is -0.492 e. The molecule has 0 saturated carbocycles. The van der Waals surface area contributed by atoms with E-state index in [-0.39, 0.29) is 11.8 Å². The van der Waals surface area contributed by atoms with Gasteiger partial charge in [0, 0.05) is 11.8 Å². The summed E-state index contributed by atoms with van der Waals surface area (Å²) in [5.41, 5.74) is 2.31. The number of benzene rings is 1. The molecule has 25 heavy (non-hydrogen) atoms. The molecular weight excluding hydrogens is 336 g/mol. The normalized spacial score (nSPS) is 13.0. The number of aryl methyl sites for hydroxylation is 1. The first-order chi connectivity index (χ1) is 12.1. The molecule has 0 atom stereocenters. The van der Waals surface area contributed by atoms with E-state index in [4.69, 9.17) is 4.74 Å². The Labute approximate surface area is 151 Å². The molecule has 0 unspecified atom stereocenters. The molecule has 2 N–H and O–H groups in total. The first-order valence-corrected chi connectivity index (χ1v) is 9.37. The maximum absolute atomic E-state index is 13.0. The Kier molecular flexibility index (Phi) is 5.38. The number of para-hydroxylation sites is 2. The predicted molar refractivity (Wildman–Crippen MR) is 101 cm³/mol. The second-order valence-electron chi connectivity index (χ2n) is 5.98. The zero-order chi connectivity index (χ0) is 17.8. The Bertz CT molecular complexity index is 798. The number of hydrogen-bond donors (Lipinski definition) is 2. The summed E-state index contributed by atoms with van der Waals surface area (Å²) >= 11 is 1.52. The zero-order valence-electron chi connectivity index (χ0n) is 14.5. The van der Waals surface area contributed by atoms with Gasteiger partial charge in [-0.05, 0) is 50.3 Å². The lowest BCUT2D eigenvalue weighted by atomic mass is 9.95. The SMILES string of the molecule is CCOc1ccccc1NC(=O)c1c(NC(C)=O)sc2c1CCCC2. The number of hydrogen-bond acceptors (Lipinski definition) is 4. The standard InChI is InChI=1S/C19H22N2O3S/c1-3-24-15-10-6-5-9-14(15)21-18(23)17-13-8-4-7-11-16(13)25-19(17)20-12(2)22/h5-6,9-10H,3-4,7-8,11H2,1-2H3,(H,20,22)(H,21,23). The van der Waals surface area contributed by atoms with Gasteiger partial charge in [0.05, 0.1) is 17.9 Å². The van der Waals surface area contributed by atoms with Crippen LogP contribution in [0.3, 0.4) is 0 Å². The first kappa shape index (κ1) is 17.5. The molecule has 0 radical (unpaired) electrons. The highest BCUT2D eigenvalue weighted by atomic mass is 32.1. The van der Waals surface area contributed by atoms with E-state index in [0.717, 1.165) is 31.2 Å². The van der Waals surface area contributed by atoms with Crippen molar-refractivity contribution in [2.75, 3.05) is 17.2 Å². The minimum absolute atomic E-state index is 0.164. The number of nitrogens with one attached hydrogen (secondary N) is 2. The molecule has 0 saturated heterocycles. The smallest absolute Gasteiger partial charge is 0.259 e. The van der Waals surface area contributed by atoms with E-state index < -0.39 is 0 Å². The second kappa shape index (κ2) is 7.70. The van der Waals surface area contributed by atoms with Crippen LogP contribution in [0.2, 0.25) is 0 Å². The Morgan fingerprint density at radius 2 is 1.92 bits per heavy atom. The molecule has 0 aliphatic heterocycles. The van der Waals surface area contributed by atoms with Gasteiger partial charge in [0.1, 0.15) is 10.8 Å². The molecular formula is C19H22N2O3S. The minimum atomic E-state index is -0.199. The lowest BCUT2D eigenvalue weighted by Gasteiger charge is -2.15. The third-order valence-electron chi connectivity index (χ3n) is 4.12. The van der Waals surface area contributed by atoms with Gasteiger partial charge in [-0.25, -0.2) is 0 Å². The fraction of sp³-hybridized carbons (Fsp3) is 0.368. The lowest BCUT2D eigenvalue weighted by molar-refractivity contribution is -0.114. The van der Waals surface area contributed by atoms with Gasteiger partial charge >= 0.3 is 0 Å². The summed E-state index contributed by atoms with van der Waals surface area (Å²) in [5.74, 6) is 0.279. The van der Waals surface area contributed by atoms with Crippen LogP contribution in [0, 0.1) is 0 Å². The summed E-state index contributed by atoms with van der Waals surface area (Å²) in [4.78, 5) is 25.7. The van der Waals surface area contributed by atoms with E-state index in [9.17, 15) is 9.59 Å². The number of carbonyl (C=O) groups is 2. The highest BCUT2D eigenvalue weighted by Crippen LogP contribution is 2.39. The fourth-order valence-corrected chi connectivity index (χ4v) is 4.42. The molecule has 5 nitrogen and oxygen atoms in total. The number of ether oxygens (including phenoxy) is 1. The number of rotatable bonds is 5. The Morgan fingerprint density at radius 3 is 2.68 bits per heavy atom. The summed E-state index contributed by atoms with van der Waals surface area (Å²) in [6, 6.07) is 7.38. The molecule has 1 heterocycles. The average Bonchev–Trinajstić information content (AvgIpc) is 2.94. The molecule has 1 aromatic carbocycles. The quantitative estimate of drug-likeness (QED) is 0.840. The maximum Gasteiger partial charge on any atom is 0.259 e. The van der Waals surface area contributed by atoms with Crippen LogP contribution in [0.15, 0.2) is 24.3 Å². The largest absolute Gasteiger partial charge is 0.492 e. The summed E-state index contributed by atoms with van der Waals surface area (Å²) < 4.78 is 5.58. The van der Waals surface area contributed by atoms with Crippen molar-refractivity contribution in [1.82, 2.24) is 0 Å². The summed E-state index contributed by atoms with van der Waals surface area (Å²) in [6.07, 6.45) is 4.04. The van der Waals surface area contributed by atoms with Gasteiger partial charge in [0.25, 0.3) is 5.91 Å². The lowest BCUT2D eigenvalue weighted by Crippen LogP contribution is -2.18. The van der Waals surface area contributed by atoms with Crippen LogP contribution < -0.4 is 15.4 Å². The van der Waals surface area contributed by atoms with Crippen LogP contribution >= 0.6 is 11.3 Å². The third-order valence-corrected chi connectivity index (χ3v) is 5.33. The average molecular weight is 358 g/mol. The molecule has 0 fully saturated rings. The van der Waals surface area contributed by atoms with E-state index in [0.29, 0.717) is 28.6 Å². The number of carbonyl (C=O) groups excluding carboxylic acids is 2. The van der Waals surface area contributed by atoms with E-state index >= 15 is 0 Å². The fourth-order valence-electron chi connectivity index (χ4n) is 3.09. The Morgan fingerprint density at radius 1 is 1.16 bits per heavy atom.